The minimum atomic E-state index is -0.534. The Bertz CT molecular complexity index is 657. The Morgan fingerprint density at radius 3 is 2.81 bits per heavy atom. The van der Waals surface area contributed by atoms with Gasteiger partial charge in [0.1, 0.15) is 11.3 Å². The van der Waals surface area contributed by atoms with Gasteiger partial charge in [0.05, 0.1) is 11.5 Å². The summed E-state index contributed by atoms with van der Waals surface area (Å²) in [5, 5.41) is 23.5. The topological polar surface area (TPSA) is 105 Å². The fourth-order valence-electron chi connectivity index (χ4n) is 2.96. The SMILES string of the molecule is CC(C)(C)OC(=O)N1CCC[C@@H](CNc2cc(CO)ccc2[N+](=O)[O-])C1. The molecule has 0 spiro atoms. The van der Waals surface area contributed by atoms with Crippen molar-refractivity contribution in [1.29, 1.82) is 0 Å². The maximum absolute atomic E-state index is 12.2. The number of hydrogen-bond acceptors (Lipinski definition) is 6. The lowest BCUT2D eigenvalue weighted by Crippen LogP contribution is -2.44. The molecule has 1 heterocycles. The smallest absolute Gasteiger partial charge is 0.410 e. The molecule has 1 aromatic rings. The summed E-state index contributed by atoms with van der Waals surface area (Å²) in [6.45, 7) is 7.04. The van der Waals surface area contributed by atoms with Crippen molar-refractivity contribution in [2.75, 3.05) is 25.0 Å². The number of benzene rings is 1. The van der Waals surface area contributed by atoms with Gasteiger partial charge in [0, 0.05) is 25.7 Å². The van der Waals surface area contributed by atoms with Crippen molar-refractivity contribution < 1.29 is 19.6 Å². The Hall–Kier alpha value is -2.35. The average Bonchev–Trinajstić information content (AvgIpc) is 2.58. The maximum atomic E-state index is 12.2. The summed E-state index contributed by atoms with van der Waals surface area (Å²) in [6, 6.07) is 4.52. The number of hydrogen-bond donors (Lipinski definition) is 2. The van der Waals surface area contributed by atoms with Gasteiger partial charge in [0.2, 0.25) is 0 Å². The molecule has 2 rings (SSSR count). The number of aliphatic hydroxyl groups is 1. The molecule has 1 saturated heterocycles. The number of anilines is 1. The maximum Gasteiger partial charge on any atom is 0.410 e. The van der Waals surface area contributed by atoms with Crippen LogP contribution in [0.1, 0.15) is 39.2 Å². The minimum Gasteiger partial charge on any atom is -0.444 e. The molecular weight excluding hydrogens is 338 g/mol. The molecule has 0 aromatic heterocycles. The number of nitrogens with one attached hydrogen (secondary N) is 1. The molecule has 1 atom stereocenters. The normalized spacial score (nSPS) is 17.7. The van der Waals surface area contributed by atoms with Gasteiger partial charge in [-0.25, -0.2) is 4.79 Å². The number of piperidine rings is 1. The van der Waals surface area contributed by atoms with E-state index in [1.54, 1.807) is 11.0 Å². The third-order valence-corrected chi connectivity index (χ3v) is 4.19. The Morgan fingerprint density at radius 2 is 2.19 bits per heavy atom. The molecule has 1 aliphatic rings. The van der Waals surface area contributed by atoms with Gasteiger partial charge in [0.25, 0.3) is 5.69 Å². The van der Waals surface area contributed by atoms with Gasteiger partial charge in [-0.2, -0.15) is 0 Å². The van der Waals surface area contributed by atoms with E-state index in [0.29, 0.717) is 30.9 Å². The van der Waals surface area contributed by atoms with Crippen LogP contribution in [0.3, 0.4) is 0 Å². The lowest BCUT2D eigenvalue weighted by atomic mass is 9.98. The molecule has 0 radical (unpaired) electrons. The number of aliphatic hydroxyl groups excluding tert-OH is 1. The summed E-state index contributed by atoms with van der Waals surface area (Å²) in [5.41, 5.74) is 0.434. The number of carbonyl (C=O) groups is 1. The zero-order valence-electron chi connectivity index (χ0n) is 15.5. The van der Waals surface area contributed by atoms with Crippen LogP contribution in [0.4, 0.5) is 16.2 Å². The molecule has 1 aromatic carbocycles. The van der Waals surface area contributed by atoms with Crippen LogP contribution in [0.5, 0.6) is 0 Å². The summed E-state index contributed by atoms with van der Waals surface area (Å²) in [4.78, 5) is 24.7. The van der Waals surface area contributed by atoms with Crippen LogP contribution >= 0.6 is 0 Å². The first-order chi connectivity index (χ1) is 12.2. The Labute approximate surface area is 153 Å². The summed E-state index contributed by atoms with van der Waals surface area (Å²) < 4.78 is 5.42. The largest absolute Gasteiger partial charge is 0.444 e. The molecule has 0 bridgehead atoms. The molecule has 2 N–H and O–H groups in total. The van der Waals surface area contributed by atoms with E-state index in [9.17, 15) is 20.0 Å². The number of amides is 1. The highest BCUT2D eigenvalue weighted by atomic mass is 16.6. The number of carbonyl (C=O) groups excluding carboxylic acids is 1. The van der Waals surface area contributed by atoms with Crippen LogP contribution in [-0.2, 0) is 11.3 Å². The van der Waals surface area contributed by atoms with E-state index in [1.165, 1.54) is 12.1 Å². The van der Waals surface area contributed by atoms with E-state index < -0.39 is 10.5 Å². The van der Waals surface area contributed by atoms with Crippen molar-refractivity contribution in [3.8, 4) is 0 Å². The first-order valence-electron chi connectivity index (χ1n) is 8.79. The van der Waals surface area contributed by atoms with Gasteiger partial charge >= 0.3 is 6.09 Å². The van der Waals surface area contributed by atoms with E-state index >= 15 is 0 Å². The summed E-state index contributed by atoms with van der Waals surface area (Å²) in [7, 11) is 0. The highest BCUT2D eigenvalue weighted by molar-refractivity contribution is 5.68. The van der Waals surface area contributed by atoms with E-state index in [4.69, 9.17) is 4.74 Å². The summed E-state index contributed by atoms with van der Waals surface area (Å²) in [6.07, 6.45) is 1.47. The second-order valence-electron chi connectivity index (χ2n) is 7.58. The molecule has 0 saturated carbocycles. The Kier molecular flexibility index (Phi) is 6.42. The monoisotopic (exact) mass is 365 g/mol. The average molecular weight is 365 g/mol. The zero-order chi connectivity index (χ0) is 19.3. The van der Waals surface area contributed by atoms with Crippen molar-refractivity contribution in [2.24, 2.45) is 5.92 Å². The van der Waals surface area contributed by atoms with Gasteiger partial charge in [-0.15, -0.1) is 0 Å². The van der Waals surface area contributed by atoms with Gasteiger partial charge in [-0.1, -0.05) is 0 Å². The van der Waals surface area contributed by atoms with Crippen molar-refractivity contribution in [2.45, 2.75) is 45.8 Å². The van der Waals surface area contributed by atoms with Gasteiger partial charge in [-0.3, -0.25) is 10.1 Å². The van der Waals surface area contributed by atoms with E-state index in [2.05, 4.69) is 5.32 Å². The van der Waals surface area contributed by atoms with Gasteiger partial charge in [0.15, 0.2) is 0 Å². The molecule has 1 aliphatic heterocycles. The molecule has 8 heteroatoms. The molecule has 1 fully saturated rings. The van der Waals surface area contributed by atoms with Gasteiger partial charge < -0.3 is 20.1 Å². The lowest BCUT2D eigenvalue weighted by molar-refractivity contribution is -0.384. The molecular formula is C18H27N3O5. The van der Waals surface area contributed by atoms with Crippen LogP contribution < -0.4 is 5.32 Å². The summed E-state index contributed by atoms with van der Waals surface area (Å²) in [5.74, 6) is 0.175. The van der Waals surface area contributed by atoms with Crippen LogP contribution in [0.25, 0.3) is 0 Å². The van der Waals surface area contributed by atoms with Crippen LogP contribution in [0, 0.1) is 16.0 Å². The first kappa shape index (κ1) is 20.0. The second-order valence-corrected chi connectivity index (χ2v) is 7.58. The molecule has 0 aliphatic carbocycles. The highest BCUT2D eigenvalue weighted by Crippen LogP contribution is 2.27. The Balaban J connectivity index is 1.99. The molecule has 144 valence electrons. The van der Waals surface area contributed by atoms with Crippen LogP contribution in [0.2, 0.25) is 0 Å². The van der Waals surface area contributed by atoms with Crippen molar-refractivity contribution in [1.82, 2.24) is 4.90 Å². The van der Waals surface area contributed by atoms with E-state index in [0.717, 1.165) is 12.8 Å². The molecule has 0 unspecified atom stereocenters. The predicted octanol–water partition coefficient (Wildman–Crippen LogP) is 3.15. The molecule has 1 amide bonds. The third-order valence-electron chi connectivity index (χ3n) is 4.19. The number of nitrogens with zero attached hydrogens (tertiary/aromatic N) is 2. The van der Waals surface area contributed by atoms with E-state index in [-0.39, 0.29) is 24.3 Å². The zero-order valence-corrected chi connectivity index (χ0v) is 15.5. The van der Waals surface area contributed by atoms with Gasteiger partial charge in [-0.05, 0) is 57.2 Å². The minimum absolute atomic E-state index is 0.0259. The summed E-state index contributed by atoms with van der Waals surface area (Å²) >= 11 is 0. The van der Waals surface area contributed by atoms with E-state index in [1.807, 2.05) is 20.8 Å². The van der Waals surface area contributed by atoms with Crippen LogP contribution in [-0.4, -0.2) is 46.3 Å². The number of rotatable bonds is 5. The molecule has 8 nitrogen and oxygen atoms in total. The fraction of sp³-hybridized carbons (Fsp3) is 0.611. The Morgan fingerprint density at radius 1 is 1.46 bits per heavy atom. The number of ether oxygens (including phenoxy) is 1. The number of nitro groups is 1. The fourth-order valence-corrected chi connectivity index (χ4v) is 2.96. The van der Waals surface area contributed by atoms with Crippen LogP contribution in [0.15, 0.2) is 18.2 Å². The second kappa shape index (κ2) is 8.35. The molecule has 26 heavy (non-hydrogen) atoms. The van der Waals surface area contributed by atoms with Crippen molar-refractivity contribution in [3.05, 3.63) is 33.9 Å². The quantitative estimate of drug-likeness (QED) is 0.613. The number of likely N-dealkylation sites (tertiary alicyclic amines) is 1. The predicted molar refractivity (Wildman–Crippen MR) is 98.0 cm³/mol. The van der Waals surface area contributed by atoms with Crippen molar-refractivity contribution in [3.63, 3.8) is 0 Å². The van der Waals surface area contributed by atoms with Crippen molar-refractivity contribution >= 4 is 17.5 Å². The third kappa shape index (κ3) is 5.59. The number of nitro benzene ring substituents is 1. The lowest BCUT2D eigenvalue weighted by Gasteiger charge is -2.34. The standard InChI is InChI=1S/C18H27N3O5/c1-18(2,3)26-17(23)20-8-4-5-14(11-20)10-19-15-9-13(12-22)6-7-16(15)21(24)25/h6-7,9,14,19,22H,4-5,8,10-12H2,1-3H3/t14-/m0/s1. The first-order valence-corrected chi connectivity index (χ1v) is 8.79. The highest BCUT2D eigenvalue weighted by Gasteiger charge is 2.28.